The number of hydrogen-bond donors (Lipinski definition) is 1. The van der Waals surface area contributed by atoms with Gasteiger partial charge in [-0.15, -0.1) is 0 Å². The molecule has 0 spiro atoms. The lowest BCUT2D eigenvalue weighted by molar-refractivity contribution is 0.0943. The summed E-state index contributed by atoms with van der Waals surface area (Å²) in [6.07, 6.45) is 0.720. The Morgan fingerprint density at radius 3 is 2.58 bits per heavy atom. The van der Waals surface area contributed by atoms with E-state index in [9.17, 15) is 13.2 Å². The smallest absolute Gasteiger partial charge is 0.251 e. The number of nitrogens with one attached hydrogen (secondary N) is 1. The van der Waals surface area contributed by atoms with E-state index in [1.54, 1.807) is 19.1 Å². The number of benzene rings is 1. The van der Waals surface area contributed by atoms with E-state index in [4.69, 9.17) is 4.74 Å². The van der Waals surface area contributed by atoms with Crippen LogP contribution in [0.4, 0.5) is 0 Å². The molecule has 26 heavy (non-hydrogen) atoms. The maximum atomic E-state index is 12.9. The number of aryl methyl sites for hydroxylation is 1. The van der Waals surface area contributed by atoms with Crippen molar-refractivity contribution in [1.29, 1.82) is 0 Å². The first-order valence-electron chi connectivity index (χ1n) is 9.01. The van der Waals surface area contributed by atoms with E-state index in [2.05, 4.69) is 10.2 Å². The van der Waals surface area contributed by atoms with Gasteiger partial charge in [-0.1, -0.05) is 6.07 Å². The van der Waals surface area contributed by atoms with Crippen LogP contribution in [0.5, 0.6) is 0 Å². The summed E-state index contributed by atoms with van der Waals surface area (Å²) >= 11 is 0. The first-order valence-corrected chi connectivity index (χ1v) is 10.5. The molecule has 0 bridgehead atoms. The van der Waals surface area contributed by atoms with Crippen LogP contribution in [-0.4, -0.2) is 76.5 Å². The van der Waals surface area contributed by atoms with Crippen molar-refractivity contribution in [3.63, 3.8) is 0 Å². The molecule has 0 saturated carbocycles. The number of hydrogen-bond acceptors (Lipinski definition) is 5. The van der Waals surface area contributed by atoms with Crippen molar-refractivity contribution in [3.05, 3.63) is 29.3 Å². The molecular formula is C18H29N3O4S. The molecule has 1 aliphatic rings. The minimum absolute atomic E-state index is 0.173. The lowest BCUT2D eigenvalue weighted by Gasteiger charge is -2.31. The molecule has 1 heterocycles. The van der Waals surface area contributed by atoms with Gasteiger partial charge in [0.05, 0.1) is 4.90 Å². The fourth-order valence-electron chi connectivity index (χ4n) is 2.80. The number of ether oxygens (including phenoxy) is 1. The van der Waals surface area contributed by atoms with Crippen LogP contribution in [0.2, 0.25) is 0 Å². The number of carbonyl (C=O) groups is 1. The average molecular weight is 384 g/mol. The van der Waals surface area contributed by atoms with Crippen LogP contribution in [0.1, 0.15) is 29.3 Å². The van der Waals surface area contributed by atoms with Gasteiger partial charge in [0.25, 0.3) is 5.91 Å². The summed E-state index contributed by atoms with van der Waals surface area (Å²) in [6.45, 7) is 7.81. The Hall–Kier alpha value is -1.48. The molecule has 0 radical (unpaired) electrons. The lowest BCUT2D eigenvalue weighted by Crippen LogP contribution is -2.47. The van der Waals surface area contributed by atoms with Crippen LogP contribution in [-0.2, 0) is 14.8 Å². The van der Waals surface area contributed by atoms with Crippen molar-refractivity contribution in [1.82, 2.24) is 14.5 Å². The average Bonchev–Trinajstić information content (AvgIpc) is 2.62. The van der Waals surface area contributed by atoms with E-state index < -0.39 is 10.0 Å². The van der Waals surface area contributed by atoms with E-state index in [1.807, 2.05) is 14.0 Å². The Balaban J connectivity index is 2.09. The highest BCUT2D eigenvalue weighted by Gasteiger charge is 2.28. The third kappa shape index (κ3) is 5.26. The Morgan fingerprint density at radius 2 is 1.92 bits per heavy atom. The SMILES string of the molecule is CCOCCCNC(=O)c1cc(S(=O)(=O)N2CCN(C)CC2)ccc1C. The third-order valence-electron chi connectivity index (χ3n) is 4.51. The van der Waals surface area contributed by atoms with Crippen molar-refractivity contribution >= 4 is 15.9 Å². The maximum Gasteiger partial charge on any atom is 0.251 e. The second-order valence-corrected chi connectivity index (χ2v) is 8.43. The molecule has 0 aromatic heterocycles. The van der Waals surface area contributed by atoms with Gasteiger partial charge in [0, 0.05) is 51.5 Å². The first-order chi connectivity index (χ1) is 12.4. The van der Waals surface area contributed by atoms with Gasteiger partial charge in [-0.2, -0.15) is 4.31 Å². The summed E-state index contributed by atoms with van der Waals surface area (Å²) in [6, 6.07) is 4.76. The van der Waals surface area contributed by atoms with Gasteiger partial charge in [0.15, 0.2) is 0 Å². The Kier molecular flexibility index (Phi) is 7.57. The monoisotopic (exact) mass is 383 g/mol. The summed E-state index contributed by atoms with van der Waals surface area (Å²) in [4.78, 5) is 14.7. The molecule has 146 valence electrons. The fraction of sp³-hybridized carbons (Fsp3) is 0.611. The minimum atomic E-state index is -3.58. The first kappa shape index (κ1) is 20.8. The standard InChI is InChI=1S/C18H29N3O4S/c1-4-25-13-5-8-19-18(22)17-14-16(7-6-15(17)2)26(23,24)21-11-9-20(3)10-12-21/h6-7,14H,4-5,8-13H2,1-3H3,(H,19,22). The highest BCUT2D eigenvalue weighted by molar-refractivity contribution is 7.89. The van der Waals surface area contributed by atoms with Crippen LogP contribution in [0, 0.1) is 6.92 Å². The second kappa shape index (κ2) is 9.45. The molecule has 0 unspecified atom stereocenters. The second-order valence-electron chi connectivity index (χ2n) is 6.49. The molecule has 1 fully saturated rings. The van der Waals surface area contributed by atoms with Crippen molar-refractivity contribution < 1.29 is 17.9 Å². The summed E-state index contributed by atoms with van der Waals surface area (Å²) in [5.41, 5.74) is 1.15. The largest absolute Gasteiger partial charge is 0.382 e. The Labute approximate surface area is 156 Å². The van der Waals surface area contributed by atoms with Gasteiger partial charge in [-0.3, -0.25) is 4.79 Å². The minimum Gasteiger partial charge on any atom is -0.382 e. The molecule has 2 rings (SSSR count). The lowest BCUT2D eigenvalue weighted by atomic mass is 10.1. The molecule has 1 N–H and O–H groups in total. The number of likely N-dealkylation sites (N-methyl/N-ethyl adjacent to an activating group) is 1. The van der Waals surface area contributed by atoms with Crippen LogP contribution in [0.25, 0.3) is 0 Å². The number of piperazine rings is 1. The molecule has 1 aromatic carbocycles. The van der Waals surface area contributed by atoms with Gasteiger partial charge in [0.1, 0.15) is 0 Å². The zero-order valence-electron chi connectivity index (χ0n) is 15.8. The molecule has 1 aromatic rings. The molecule has 1 amide bonds. The van der Waals surface area contributed by atoms with E-state index in [-0.39, 0.29) is 10.8 Å². The molecule has 1 saturated heterocycles. The van der Waals surface area contributed by atoms with Gasteiger partial charge < -0.3 is 15.0 Å². The van der Waals surface area contributed by atoms with Crippen molar-refractivity contribution in [2.45, 2.75) is 25.2 Å². The molecule has 1 aliphatic heterocycles. The predicted molar refractivity (Wildman–Crippen MR) is 101 cm³/mol. The van der Waals surface area contributed by atoms with E-state index in [0.717, 1.165) is 12.0 Å². The normalized spacial score (nSPS) is 16.6. The summed E-state index contributed by atoms with van der Waals surface area (Å²) in [7, 11) is -1.61. The molecule has 8 heteroatoms. The third-order valence-corrected chi connectivity index (χ3v) is 6.40. The molecule has 0 atom stereocenters. The van der Waals surface area contributed by atoms with Crippen molar-refractivity contribution in [2.75, 3.05) is 53.0 Å². The summed E-state index contributed by atoms with van der Waals surface area (Å²) in [5, 5.41) is 2.83. The number of nitrogens with zero attached hydrogens (tertiary/aromatic N) is 2. The van der Waals surface area contributed by atoms with Crippen molar-refractivity contribution in [2.24, 2.45) is 0 Å². The molecule has 7 nitrogen and oxygen atoms in total. The van der Waals surface area contributed by atoms with Crippen LogP contribution in [0.3, 0.4) is 0 Å². The molecular weight excluding hydrogens is 354 g/mol. The maximum absolute atomic E-state index is 12.9. The summed E-state index contributed by atoms with van der Waals surface area (Å²) in [5.74, 6) is -0.255. The van der Waals surface area contributed by atoms with Crippen molar-refractivity contribution in [3.8, 4) is 0 Å². The Bertz CT molecular complexity index is 713. The molecule has 0 aliphatic carbocycles. The van der Waals surface area contributed by atoms with Crippen LogP contribution >= 0.6 is 0 Å². The topological polar surface area (TPSA) is 78.9 Å². The van der Waals surface area contributed by atoms with Gasteiger partial charge in [0.2, 0.25) is 10.0 Å². The van der Waals surface area contributed by atoms with E-state index in [1.165, 1.54) is 10.4 Å². The van der Waals surface area contributed by atoms with Crippen LogP contribution < -0.4 is 5.32 Å². The zero-order chi connectivity index (χ0) is 19.2. The van der Waals surface area contributed by atoms with E-state index >= 15 is 0 Å². The quantitative estimate of drug-likeness (QED) is 0.680. The number of rotatable bonds is 8. The van der Waals surface area contributed by atoms with Crippen LogP contribution in [0.15, 0.2) is 23.1 Å². The highest BCUT2D eigenvalue weighted by Crippen LogP contribution is 2.20. The number of carbonyl (C=O) groups excluding carboxylic acids is 1. The number of amides is 1. The number of sulfonamides is 1. The summed E-state index contributed by atoms with van der Waals surface area (Å²) < 4.78 is 32.5. The van der Waals surface area contributed by atoms with E-state index in [0.29, 0.717) is 51.5 Å². The fourth-order valence-corrected chi connectivity index (χ4v) is 4.25. The zero-order valence-corrected chi connectivity index (χ0v) is 16.6. The van der Waals surface area contributed by atoms with Gasteiger partial charge >= 0.3 is 0 Å². The predicted octanol–water partition coefficient (Wildman–Crippen LogP) is 1.09. The Morgan fingerprint density at radius 1 is 1.23 bits per heavy atom. The van der Waals surface area contributed by atoms with Gasteiger partial charge in [-0.05, 0) is 45.0 Å². The van der Waals surface area contributed by atoms with Gasteiger partial charge in [-0.25, -0.2) is 8.42 Å². The highest BCUT2D eigenvalue weighted by atomic mass is 32.2.